The lowest BCUT2D eigenvalue weighted by molar-refractivity contribution is 0.242. The lowest BCUT2D eigenvalue weighted by atomic mass is 10.2. The fourth-order valence-electron chi connectivity index (χ4n) is 0.630. The molecule has 0 unspecified atom stereocenters. The standard InChI is InChI=1S/C10H24O2Si/c1-10(2,3)13(4,5)12-9-7-6-8-11/h11H,6-9H2,1-5H3/i6D2,8D2. The van der Waals surface area contributed by atoms with E-state index in [1.54, 1.807) is 0 Å². The maximum Gasteiger partial charge on any atom is 0.191 e. The summed E-state index contributed by atoms with van der Waals surface area (Å²) in [6.07, 6.45) is -2.43. The highest BCUT2D eigenvalue weighted by atomic mass is 28.4. The summed E-state index contributed by atoms with van der Waals surface area (Å²) in [7, 11) is -1.93. The van der Waals surface area contributed by atoms with Gasteiger partial charge in [0.2, 0.25) is 0 Å². The predicted octanol–water partition coefficient (Wildman–Crippen LogP) is 2.78. The number of hydrogen-bond acceptors (Lipinski definition) is 2. The van der Waals surface area contributed by atoms with Crippen LogP contribution in [0.5, 0.6) is 0 Å². The second-order valence-corrected chi connectivity index (χ2v) is 9.46. The molecule has 0 aromatic carbocycles. The first-order valence-corrected chi connectivity index (χ1v) is 7.48. The highest BCUT2D eigenvalue weighted by molar-refractivity contribution is 6.74. The van der Waals surface area contributed by atoms with E-state index < -0.39 is 21.2 Å². The van der Waals surface area contributed by atoms with Gasteiger partial charge < -0.3 is 9.53 Å². The topological polar surface area (TPSA) is 29.5 Å². The van der Waals surface area contributed by atoms with Crippen LogP contribution in [0.3, 0.4) is 0 Å². The maximum atomic E-state index is 9.05. The van der Waals surface area contributed by atoms with Crippen molar-refractivity contribution in [2.45, 2.75) is 51.7 Å². The van der Waals surface area contributed by atoms with Crippen molar-refractivity contribution in [1.82, 2.24) is 0 Å². The summed E-state index contributed by atoms with van der Waals surface area (Å²) in [5, 5.41) is 9.09. The Morgan fingerprint density at radius 3 is 2.31 bits per heavy atom. The van der Waals surface area contributed by atoms with Crippen molar-refractivity contribution in [1.29, 1.82) is 0 Å². The summed E-state index contributed by atoms with van der Waals surface area (Å²) in [6.45, 7) is 7.65. The lowest BCUT2D eigenvalue weighted by Crippen LogP contribution is -2.40. The molecule has 3 heteroatoms. The van der Waals surface area contributed by atoms with Crippen molar-refractivity contribution in [2.75, 3.05) is 13.2 Å². The van der Waals surface area contributed by atoms with Crippen LogP contribution in [0.25, 0.3) is 0 Å². The van der Waals surface area contributed by atoms with Gasteiger partial charge in [0, 0.05) is 15.9 Å². The van der Waals surface area contributed by atoms with E-state index in [0.717, 1.165) is 0 Å². The summed E-state index contributed by atoms with van der Waals surface area (Å²) >= 11 is 0. The molecule has 2 nitrogen and oxygen atoms in total. The third-order valence-corrected chi connectivity index (χ3v) is 7.11. The minimum absolute atomic E-state index is 0.0396. The first-order chi connectivity index (χ1) is 7.21. The molecule has 0 amide bonds. The summed E-state index contributed by atoms with van der Waals surface area (Å²) < 4.78 is 34.6. The van der Waals surface area contributed by atoms with Gasteiger partial charge in [-0.1, -0.05) is 20.8 Å². The van der Waals surface area contributed by atoms with E-state index in [9.17, 15) is 0 Å². The smallest absolute Gasteiger partial charge is 0.191 e. The van der Waals surface area contributed by atoms with Gasteiger partial charge in [0.05, 0.1) is 2.74 Å². The van der Waals surface area contributed by atoms with Crippen molar-refractivity contribution in [2.24, 2.45) is 0 Å². The molecular weight excluding hydrogens is 180 g/mol. The molecule has 1 N–H and O–H groups in total. The van der Waals surface area contributed by atoms with Crippen molar-refractivity contribution in [3.05, 3.63) is 0 Å². The third-order valence-electron chi connectivity index (χ3n) is 2.58. The Labute approximate surface area is 89.1 Å². The van der Waals surface area contributed by atoms with Crippen LogP contribution in [-0.2, 0) is 4.43 Å². The molecule has 0 spiro atoms. The van der Waals surface area contributed by atoms with Gasteiger partial charge >= 0.3 is 0 Å². The van der Waals surface area contributed by atoms with Gasteiger partial charge in [-0.25, -0.2) is 0 Å². The van der Waals surface area contributed by atoms with Crippen LogP contribution in [0.1, 0.15) is 39.0 Å². The summed E-state index contributed by atoms with van der Waals surface area (Å²) in [6, 6.07) is 0. The number of aliphatic hydroxyl groups is 1. The molecule has 0 saturated heterocycles. The van der Waals surface area contributed by atoms with E-state index in [0.29, 0.717) is 0 Å². The average molecular weight is 208 g/mol. The molecular formula is C10H24O2Si. The second kappa shape index (κ2) is 5.13. The van der Waals surface area contributed by atoms with Crippen LogP contribution in [0.15, 0.2) is 0 Å². The molecule has 0 aromatic heterocycles. The first kappa shape index (κ1) is 7.43. The van der Waals surface area contributed by atoms with Crippen molar-refractivity contribution in [3.8, 4) is 0 Å². The van der Waals surface area contributed by atoms with E-state index in [1.165, 1.54) is 0 Å². The minimum atomic E-state index is -2.83. The molecule has 0 aliphatic heterocycles. The van der Waals surface area contributed by atoms with E-state index in [2.05, 4.69) is 33.9 Å². The van der Waals surface area contributed by atoms with Gasteiger partial charge in [-0.3, -0.25) is 0 Å². The average Bonchev–Trinajstić information content (AvgIpc) is 1.98. The fraction of sp³-hybridized carbons (Fsp3) is 1.00. The molecule has 0 heterocycles. The summed E-state index contributed by atoms with van der Waals surface area (Å²) in [5.74, 6) is 0. The van der Waals surface area contributed by atoms with Gasteiger partial charge in [0.15, 0.2) is 8.32 Å². The first-order valence-electron chi connectivity index (χ1n) is 6.57. The highest BCUT2D eigenvalue weighted by Crippen LogP contribution is 2.36. The van der Waals surface area contributed by atoms with Gasteiger partial charge in [-0.05, 0) is 30.9 Å². The van der Waals surface area contributed by atoms with Crippen LogP contribution in [-0.4, -0.2) is 26.6 Å². The van der Waals surface area contributed by atoms with Crippen molar-refractivity contribution < 1.29 is 15.0 Å². The zero-order valence-electron chi connectivity index (χ0n) is 13.3. The van der Waals surface area contributed by atoms with Crippen molar-refractivity contribution in [3.63, 3.8) is 0 Å². The SMILES string of the molecule is [2H]C([2H])(O)C([2H])([2H])CCO[Si](C)(C)C(C)(C)C. The Kier molecular flexibility index (Phi) is 2.93. The predicted molar refractivity (Wildman–Crippen MR) is 59.5 cm³/mol. The van der Waals surface area contributed by atoms with E-state index in [-0.39, 0.29) is 18.1 Å². The Morgan fingerprint density at radius 2 is 1.92 bits per heavy atom. The Bertz CT molecular complexity index is 230. The quantitative estimate of drug-likeness (QED) is 0.704. The second-order valence-electron chi connectivity index (χ2n) is 4.65. The Balaban J connectivity index is 4.36. The van der Waals surface area contributed by atoms with Gasteiger partial charge in [-0.15, -0.1) is 0 Å². The molecule has 0 fully saturated rings. The molecule has 0 aromatic rings. The van der Waals surface area contributed by atoms with E-state index >= 15 is 0 Å². The van der Waals surface area contributed by atoms with E-state index in [4.69, 9.17) is 15.0 Å². The molecule has 0 aliphatic rings. The van der Waals surface area contributed by atoms with Crippen LogP contribution in [0.4, 0.5) is 0 Å². The lowest BCUT2D eigenvalue weighted by Gasteiger charge is -2.36. The van der Waals surface area contributed by atoms with Crippen LogP contribution < -0.4 is 0 Å². The maximum absolute atomic E-state index is 9.05. The van der Waals surface area contributed by atoms with Crippen LogP contribution in [0, 0.1) is 0 Å². The number of rotatable bonds is 5. The summed E-state index contributed by atoms with van der Waals surface area (Å²) in [4.78, 5) is 0. The molecule has 0 bridgehead atoms. The number of hydrogen-bond donors (Lipinski definition) is 1. The zero-order valence-corrected chi connectivity index (χ0v) is 10.3. The molecule has 0 radical (unpaired) electrons. The molecule has 0 rings (SSSR count). The zero-order chi connectivity index (χ0) is 14.1. The van der Waals surface area contributed by atoms with Crippen LogP contribution >= 0.6 is 0 Å². The molecule has 0 saturated carbocycles. The molecule has 80 valence electrons. The van der Waals surface area contributed by atoms with Crippen molar-refractivity contribution >= 4 is 8.32 Å². The molecule has 0 aliphatic carbocycles. The monoisotopic (exact) mass is 208 g/mol. The third kappa shape index (κ3) is 4.79. The Morgan fingerprint density at radius 1 is 1.38 bits per heavy atom. The highest BCUT2D eigenvalue weighted by Gasteiger charge is 2.36. The molecule has 13 heavy (non-hydrogen) atoms. The molecule has 0 atom stereocenters. The van der Waals surface area contributed by atoms with Crippen LogP contribution in [0.2, 0.25) is 18.1 Å². The fourth-order valence-corrected chi connectivity index (χ4v) is 1.68. The largest absolute Gasteiger partial charge is 0.417 e. The van der Waals surface area contributed by atoms with Gasteiger partial charge in [0.25, 0.3) is 0 Å². The normalized spacial score (nSPS) is 20.2. The van der Waals surface area contributed by atoms with E-state index in [1.807, 2.05) is 0 Å². The van der Waals surface area contributed by atoms with Gasteiger partial charge in [-0.2, -0.15) is 0 Å². The Hall–Kier alpha value is 0.137. The minimum Gasteiger partial charge on any atom is -0.417 e. The summed E-state index contributed by atoms with van der Waals surface area (Å²) in [5.41, 5.74) is 0. The van der Waals surface area contributed by atoms with Gasteiger partial charge in [0.1, 0.15) is 0 Å².